The van der Waals surface area contributed by atoms with Crippen LogP contribution in [0.1, 0.15) is 0 Å². The summed E-state index contributed by atoms with van der Waals surface area (Å²) in [6.45, 7) is 3.21. The van der Waals surface area contributed by atoms with Crippen molar-refractivity contribution >= 4 is 58.9 Å². The van der Waals surface area contributed by atoms with Gasteiger partial charge < -0.3 is 9.80 Å². The fraction of sp³-hybridized carbons (Fsp3) is 0.172. The standard InChI is InChI=1S/C29H28N6O4S2/c1-34-16-18-35(19-17-34)23-12-13-25(32-40(36,37)27-10-4-7-22-8-5-15-30-29(22)27)26(20-23)33-41(38,39)28-14-11-21-6-2-3-9-24(21)31-28/h2-15,20,32-33H,16-19H2,1H3. The first-order valence-electron chi connectivity index (χ1n) is 13.0. The molecular formula is C29H28N6O4S2. The summed E-state index contributed by atoms with van der Waals surface area (Å²) in [4.78, 5) is 12.9. The number of nitrogens with zero attached hydrogens (tertiary/aromatic N) is 4. The first-order chi connectivity index (χ1) is 19.7. The van der Waals surface area contributed by atoms with Crippen molar-refractivity contribution in [2.24, 2.45) is 0 Å². The molecule has 5 aromatic rings. The molecular weight excluding hydrogens is 560 g/mol. The van der Waals surface area contributed by atoms with Gasteiger partial charge in [0.15, 0.2) is 5.03 Å². The number of rotatable bonds is 7. The quantitative estimate of drug-likeness (QED) is 0.291. The number of sulfonamides is 2. The molecule has 0 spiro atoms. The molecule has 3 heterocycles. The van der Waals surface area contributed by atoms with Crippen LogP contribution in [-0.2, 0) is 20.0 Å². The van der Waals surface area contributed by atoms with Crippen LogP contribution in [0.25, 0.3) is 21.8 Å². The Labute approximate surface area is 238 Å². The average molecular weight is 589 g/mol. The highest BCUT2D eigenvalue weighted by atomic mass is 32.2. The summed E-state index contributed by atoms with van der Waals surface area (Å²) in [5, 5.41) is 1.30. The van der Waals surface area contributed by atoms with Gasteiger partial charge in [-0.3, -0.25) is 14.4 Å². The molecule has 0 saturated carbocycles. The van der Waals surface area contributed by atoms with E-state index in [9.17, 15) is 16.8 Å². The summed E-state index contributed by atoms with van der Waals surface area (Å²) in [6.07, 6.45) is 1.53. The summed E-state index contributed by atoms with van der Waals surface area (Å²) in [6, 6.07) is 23.8. The summed E-state index contributed by atoms with van der Waals surface area (Å²) in [7, 11) is -6.26. The number of piperazine rings is 1. The third-order valence-corrected chi connectivity index (χ3v) is 9.76. The Morgan fingerprint density at radius 2 is 1.44 bits per heavy atom. The molecule has 210 valence electrons. The number of benzene rings is 3. The molecule has 0 unspecified atom stereocenters. The van der Waals surface area contributed by atoms with E-state index in [0.717, 1.165) is 37.3 Å². The fourth-order valence-corrected chi connectivity index (χ4v) is 7.14. The van der Waals surface area contributed by atoms with E-state index < -0.39 is 20.0 Å². The second kappa shape index (κ2) is 10.6. The van der Waals surface area contributed by atoms with Gasteiger partial charge in [-0.15, -0.1) is 0 Å². The molecule has 10 nitrogen and oxygen atoms in total. The van der Waals surface area contributed by atoms with Crippen molar-refractivity contribution in [3.63, 3.8) is 0 Å². The number of fused-ring (bicyclic) bond motifs is 2. The van der Waals surface area contributed by atoms with Crippen molar-refractivity contribution in [3.05, 3.63) is 91.1 Å². The summed E-state index contributed by atoms with van der Waals surface area (Å²) in [5.74, 6) is 0. The van der Waals surface area contributed by atoms with E-state index in [-0.39, 0.29) is 21.3 Å². The molecule has 41 heavy (non-hydrogen) atoms. The second-order valence-corrected chi connectivity index (χ2v) is 13.2. The fourth-order valence-electron chi connectivity index (χ4n) is 4.85. The number of anilines is 3. The minimum Gasteiger partial charge on any atom is -0.369 e. The number of likely N-dealkylation sites (N-methyl/N-ethyl adjacent to an activating group) is 1. The van der Waals surface area contributed by atoms with Gasteiger partial charge in [-0.2, -0.15) is 8.42 Å². The van der Waals surface area contributed by atoms with Crippen molar-refractivity contribution in [1.82, 2.24) is 14.9 Å². The molecule has 1 fully saturated rings. The van der Waals surface area contributed by atoms with E-state index in [0.29, 0.717) is 16.4 Å². The number of pyridine rings is 2. The van der Waals surface area contributed by atoms with Gasteiger partial charge in [-0.25, -0.2) is 13.4 Å². The lowest BCUT2D eigenvalue weighted by atomic mass is 10.2. The van der Waals surface area contributed by atoms with Gasteiger partial charge in [-0.05, 0) is 55.6 Å². The maximum Gasteiger partial charge on any atom is 0.279 e. The third kappa shape index (κ3) is 5.53. The Bertz CT molecular complexity index is 1970. The van der Waals surface area contributed by atoms with Crippen molar-refractivity contribution in [2.75, 3.05) is 47.6 Å². The Morgan fingerprint density at radius 1 is 0.707 bits per heavy atom. The topological polar surface area (TPSA) is 125 Å². The maximum absolute atomic E-state index is 13.6. The summed E-state index contributed by atoms with van der Waals surface area (Å²) < 4.78 is 59.5. The van der Waals surface area contributed by atoms with Crippen LogP contribution in [0.3, 0.4) is 0 Å². The molecule has 2 N–H and O–H groups in total. The molecule has 0 bridgehead atoms. The van der Waals surface area contributed by atoms with Crippen molar-refractivity contribution in [2.45, 2.75) is 9.92 Å². The van der Waals surface area contributed by atoms with Crippen molar-refractivity contribution < 1.29 is 16.8 Å². The highest BCUT2D eigenvalue weighted by Crippen LogP contribution is 2.33. The van der Waals surface area contributed by atoms with Gasteiger partial charge in [0.2, 0.25) is 0 Å². The zero-order chi connectivity index (χ0) is 28.6. The van der Waals surface area contributed by atoms with Crippen LogP contribution in [0.15, 0.2) is 101 Å². The van der Waals surface area contributed by atoms with E-state index in [1.54, 1.807) is 60.7 Å². The Balaban J connectivity index is 1.40. The maximum atomic E-state index is 13.6. The molecule has 1 saturated heterocycles. The van der Waals surface area contributed by atoms with Crippen LogP contribution in [-0.4, -0.2) is 64.9 Å². The second-order valence-electron chi connectivity index (χ2n) is 9.90. The molecule has 3 aromatic carbocycles. The van der Waals surface area contributed by atoms with E-state index >= 15 is 0 Å². The van der Waals surface area contributed by atoms with Crippen molar-refractivity contribution in [1.29, 1.82) is 0 Å². The van der Waals surface area contributed by atoms with Gasteiger partial charge in [0.25, 0.3) is 20.0 Å². The molecule has 1 aliphatic rings. The normalized spacial score (nSPS) is 14.8. The van der Waals surface area contributed by atoms with Crippen LogP contribution in [0.5, 0.6) is 0 Å². The van der Waals surface area contributed by atoms with Crippen LogP contribution < -0.4 is 14.3 Å². The zero-order valence-corrected chi connectivity index (χ0v) is 23.9. The lowest BCUT2D eigenvalue weighted by Crippen LogP contribution is -2.44. The first kappa shape index (κ1) is 26.9. The van der Waals surface area contributed by atoms with Crippen LogP contribution >= 0.6 is 0 Å². The molecule has 0 radical (unpaired) electrons. The number of hydrogen-bond acceptors (Lipinski definition) is 8. The number of nitrogens with one attached hydrogen (secondary N) is 2. The predicted molar refractivity (Wildman–Crippen MR) is 161 cm³/mol. The Hall–Kier alpha value is -4.26. The van der Waals surface area contributed by atoms with Gasteiger partial charge in [0.1, 0.15) is 4.90 Å². The van der Waals surface area contributed by atoms with Gasteiger partial charge in [0.05, 0.1) is 22.4 Å². The Kier molecular flexibility index (Phi) is 6.98. The number of aromatic nitrogens is 2. The summed E-state index contributed by atoms with van der Waals surface area (Å²) in [5.41, 5.74) is 1.80. The van der Waals surface area contributed by atoms with Gasteiger partial charge in [0, 0.05) is 48.8 Å². The van der Waals surface area contributed by atoms with Gasteiger partial charge in [-0.1, -0.05) is 36.4 Å². The molecule has 12 heteroatoms. The average Bonchev–Trinajstić information content (AvgIpc) is 2.97. The lowest BCUT2D eigenvalue weighted by Gasteiger charge is -2.34. The van der Waals surface area contributed by atoms with E-state index in [1.807, 2.05) is 19.2 Å². The number of para-hydroxylation sites is 2. The zero-order valence-electron chi connectivity index (χ0n) is 22.2. The van der Waals surface area contributed by atoms with Crippen LogP contribution in [0.4, 0.5) is 17.1 Å². The SMILES string of the molecule is CN1CCN(c2ccc(NS(=O)(=O)c3cccc4cccnc34)c(NS(=O)(=O)c3ccc4ccccc4n3)c2)CC1. The van der Waals surface area contributed by atoms with E-state index in [4.69, 9.17) is 0 Å². The monoisotopic (exact) mass is 588 g/mol. The highest BCUT2D eigenvalue weighted by molar-refractivity contribution is 7.93. The lowest BCUT2D eigenvalue weighted by molar-refractivity contribution is 0.313. The minimum absolute atomic E-state index is 0.0104. The highest BCUT2D eigenvalue weighted by Gasteiger charge is 2.24. The minimum atomic E-state index is -4.17. The molecule has 0 aliphatic carbocycles. The van der Waals surface area contributed by atoms with Crippen LogP contribution in [0.2, 0.25) is 0 Å². The smallest absolute Gasteiger partial charge is 0.279 e. The molecule has 2 aromatic heterocycles. The van der Waals surface area contributed by atoms with E-state index in [1.165, 1.54) is 18.3 Å². The predicted octanol–water partition coefficient (Wildman–Crippen LogP) is 4.14. The molecule has 0 amide bonds. The largest absolute Gasteiger partial charge is 0.369 e. The van der Waals surface area contributed by atoms with Gasteiger partial charge >= 0.3 is 0 Å². The van der Waals surface area contributed by atoms with Crippen LogP contribution in [0, 0.1) is 0 Å². The first-order valence-corrected chi connectivity index (χ1v) is 16.0. The summed E-state index contributed by atoms with van der Waals surface area (Å²) >= 11 is 0. The molecule has 1 aliphatic heterocycles. The molecule has 0 atom stereocenters. The van der Waals surface area contributed by atoms with Crippen molar-refractivity contribution in [3.8, 4) is 0 Å². The Morgan fingerprint density at radius 3 is 2.27 bits per heavy atom. The van der Waals surface area contributed by atoms with E-state index in [2.05, 4.69) is 29.2 Å². The third-order valence-electron chi connectivity index (χ3n) is 7.09. The number of hydrogen-bond donors (Lipinski definition) is 2. The molecule has 6 rings (SSSR count).